The Hall–Kier alpha value is -2.86. The molecule has 1 aromatic heterocycles. The number of pyridine rings is 1. The van der Waals surface area contributed by atoms with Crippen LogP contribution < -0.4 is 10.0 Å². The summed E-state index contributed by atoms with van der Waals surface area (Å²) in [5, 5.41) is 3.32. The van der Waals surface area contributed by atoms with Crippen molar-refractivity contribution in [3.8, 4) is 0 Å². The highest BCUT2D eigenvalue weighted by molar-refractivity contribution is 7.92. The number of aryl methyl sites for hydroxylation is 2. The van der Waals surface area contributed by atoms with E-state index in [1.165, 1.54) is 5.56 Å². The van der Waals surface area contributed by atoms with Crippen molar-refractivity contribution in [2.75, 3.05) is 15.8 Å². The largest absolute Gasteiger partial charge is 0.354 e. The maximum Gasteiger partial charge on any atom is 0.234 e. The zero-order valence-electron chi connectivity index (χ0n) is 15.2. The Morgan fingerprint density at radius 2 is 1.67 bits per heavy atom. The number of aromatic nitrogens is 1. The Morgan fingerprint density at radius 1 is 0.926 bits per heavy atom. The highest BCUT2D eigenvalue weighted by Crippen LogP contribution is 2.21. The summed E-state index contributed by atoms with van der Waals surface area (Å²) in [7, 11) is -3.45. The van der Waals surface area contributed by atoms with Crippen LogP contribution in [0.2, 0.25) is 0 Å². The number of sulfonamides is 1. The molecule has 1 heterocycles. The first-order valence-corrected chi connectivity index (χ1v) is 10.6. The summed E-state index contributed by atoms with van der Waals surface area (Å²) in [5.41, 5.74) is 4.04. The lowest BCUT2D eigenvalue weighted by atomic mass is 10.1. The SMILES string of the molecule is CCc1ccccc1Nc1ccc(NS(=O)(=O)CCc2ccccc2)nc1. The zero-order chi connectivity index (χ0) is 19.1. The first-order valence-electron chi connectivity index (χ1n) is 8.91. The first-order chi connectivity index (χ1) is 13.1. The van der Waals surface area contributed by atoms with Gasteiger partial charge in [0.05, 0.1) is 17.6 Å². The van der Waals surface area contributed by atoms with Crippen molar-refractivity contribution in [3.05, 3.63) is 84.1 Å². The van der Waals surface area contributed by atoms with E-state index in [0.29, 0.717) is 12.2 Å². The summed E-state index contributed by atoms with van der Waals surface area (Å²) in [6.07, 6.45) is 3.01. The van der Waals surface area contributed by atoms with Crippen LogP contribution in [-0.4, -0.2) is 19.2 Å². The van der Waals surface area contributed by atoms with E-state index >= 15 is 0 Å². The van der Waals surface area contributed by atoms with Gasteiger partial charge in [0, 0.05) is 5.69 Å². The average Bonchev–Trinajstić information content (AvgIpc) is 2.69. The monoisotopic (exact) mass is 381 g/mol. The van der Waals surface area contributed by atoms with Crippen molar-refractivity contribution < 1.29 is 8.42 Å². The molecule has 3 aromatic rings. The number of benzene rings is 2. The van der Waals surface area contributed by atoms with Gasteiger partial charge in [-0.1, -0.05) is 55.5 Å². The molecule has 0 aliphatic carbocycles. The Labute approximate surface area is 160 Å². The van der Waals surface area contributed by atoms with Crippen molar-refractivity contribution in [1.82, 2.24) is 4.98 Å². The maximum atomic E-state index is 12.3. The normalized spacial score (nSPS) is 11.1. The zero-order valence-corrected chi connectivity index (χ0v) is 16.0. The maximum absolute atomic E-state index is 12.3. The third-order valence-electron chi connectivity index (χ3n) is 4.20. The van der Waals surface area contributed by atoms with Crippen molar-refractivity contribution >= 4 is 27.2 Å². The molecule has 0 unspecified atom stereocenters. The molecule has 5 nitrogen and oxygen atoms in total. The summed E-state index contributed by atoms with van der Waals surface area (Å²) in [6, 6.07) is 21.1. The third kappa shape index (κ3) is 5.56. The molecule has 0 saturated carbocycles. The molecule has 2 N–H and O–H groups in total. The number of nitrogens with zero attached hydrogens (tertiary/aromatic N) is 1. The summed E-state index contributed by atoms with van der Waals surface area (Å²) in [5.74, 6) is 0.333. The number of rotatable bonds is 8. The molecule has 0 aliphatic rings. The van der Waals surface area contributed by atoms with Crippen LogP contribution in [0, 0.1) is 0 Å². The van der Waals surface area contributed by atoms with Gasteiger partial charge in [-0.2, -0.15) is 0 Å². The van der Waals surface area contributed by atoms with Crippen LogP contribution in [0.1, 0.15) is 18.1 Å². The average molecular weight is 382 g/mol. The van der Waals surface area contributed by atoms with E-state index < -0.39 is 10.0 Å². The highest BCUT2D eigenvalue weighted by atomic mass is 32.2. The van der Waals surface area contributed by atoms with Crippen LogP contribution in [0.3, 0.4) is 0 Å². The van der Waals surface area contributed by atoms with Gasteiger partial charge < -0.3 is 5.32 Å². The minimum atomic E-state index is -3.45. The van der Waals surface area contributed by atoms with Crippen LogP contribution in [0.4, 0.5) is 17.2 Å². The van der Waals surface area contributed by atoms with Crippen molar-refractivity contribution in [3.63, 3.8) is 0 Å². The molecule has 0 amide bonds. The lowest BCUT2D eigenvalue weighted by Gasteiger charge is -2.11. The van der Waals surface area contributed by atoms with Gasteiger partial charge in [0.15, 0.2) is 0 Å². The Balaban J connectivity index is 1.61. The highest BCUT2D eigenvalue weighted by Gasteiger charge is 2.11. The van der Waals surface area contributed by atoms with Crippen LogP contribution in [0.5, 0.6) is 0 Å². The van der Waals surface area contributed by atoms with Crippen molar-refractivity contribution in [2.24, 2.45) is 0 Å². The predicted molar refractivity (Wildman–Crippen MR) is 111 cm³/mol. The molecule has 0 aliphatic heterocycles. The topological polar surface area (TPSA) is 71.1 Å². The van der Waals surface area contributed by atoms with Gasteiger partial charge in [0.25, 0.3) is 0 Å². The molecule has 0 spiro atoms. The van der Waals surface area contributed by atoms with Crippen molar-refractivity contribution in [2.45, 2.75) is 19.8 Å². The minimum absolute atomic E-state index is 0.0164. The fraction of sp³-hybridized carbons (Fsp3) is 0.190. The number of para-hydroxylation sites is 1. The quantitative estimate of drug-likeness (QED) is 0.608. The van der Waals surface area contributed by atoms with Gasteiger partial charge in [-0.25, -0.2) is 13.4 Å². The van der Waals surface area contributed by atoms with Gasteiger partial charge in [-0.3, -0.25) is 4.72 Å². The van der Waals surface area contributed by atoms with Gasteiger partial charge >= 0.3 is 0 Å². The number of nitrogens with one attached hydrogen (secondary N) is 2. The molecule has 2 aromatic carbocycles. The Morgan fingerprint density at radius 3 is 2.37 bits per heavy atom. The minimum Gasteiger partial charge on any atom is -0.354 e. The Kier molecular flexibility index (Phi) is 6.08. The summed E-state index contributed by atoms with van der Waals surface area (Å²) in [4.78, 5) is 4.22. The molecule has 0 saturated heterocycles. The van der Waals surface area contributed by atoms with Gasteiger partial charge in [0.1, 0.15) is 5.82 Å². The number of hydrogen-bond donors (Lipinski definition) is 2. The van der Waals surface area contributed by atoms with Gasteiger partial charge in [-0.05, 0) is 42.2 Å². The van der Waals surface area contributed by atoms with Gasteiger partial charge in [-0.15, -0.1) is 0 Å². The fourth-order valence-corrected chi connectivity index (χ4v) is 3.79. The van der Waals surface area contributed by atoms with Crippen LogP contribution >= 0.6 is 0 Å². The Bertz CT molecular complexity index is 972. The van der Waals surface area contributed by atoms with Crippen LogP contribution in [-0.2, 0) is 22.9 Å². The van der Waals surface area contributed by atoms with Gasteiger partial charge in [0.2, 0.25) is 10.0 Å². The van der Waals surface area contributed by atoms with E-state index in [-0.39, 0.29) is 5.75 Å². The lowest BCUT2D eigenvalue weighted by Crippen LogP contribution is -2.18. The van der Waals surface area contributed by atoms with Crippen LogP contribution in [0.25, 0.3) is 0 Å². The summed E-state index contributed by atoms with van der Waals surface area (Å²) >= 11 is 0. The fourth-order valence-electron chi connectivity index (χ4n) is 2.74. The van der Waals surface area contributed by atoms with E-state index in [2.05, 4.69) is 28.0 Å². The summed E-state index contributed by atoms with van der Waals surface area (Å²) in [6.45, 7) is 2.10. The molecular weight excluding hydrogens is 358 g/mol. The molecule has 140 valence electrons. The predicted octanol–water partition coefficient (Wildman–Crippen LogP) is 4.37. The van der Waals surface area contributed by atoms with E-state index in [1.54, 1.807) is 12.3 Å². The van der Waals surface area contributed by atoms with E-state index in [9.17, 15) is 8.42 Å². The second kappa shape index (κ2) is 8.68. The molecule has 3 rings (SSSR count). The molecule has 0 fully saturated rings. The summed E-state index contributed by atoms with van der Waals surface area (Å²) < 4.78 is 27.1. The molecular formula is C21H23N3O2S. The molecule has 27 heavy (non-hydrogen) atoms. The third-order valence-corrected chi connectivity index (χ3v) is 5.46. The van der Waals surface area contributed by atoms with Crippen molar-refractivity contribution in [1.29, 1.82) is 0 Å². The van der Waals surface area contributed by atoms with E-state index in [0.717, 1.165) is 23.4 Å². The molecule has 0 bridgehead atoms. The lowest BCUT2D eigenvalue weighted by molar-refractivity contribution is 0.600. The number of hydrogen-bond acceptors (Lipinski definition) is 4. The number of anilines is 3. The molecule has 0 atom stereocenters. The molecule has 6 heteroatoms. The van der Waals surface area contributed by atoms with E-state index in [4.69, 9.17) is 0 Å². The molecule has 0 radical (unpaired) electrons. The second-order valence-electron chi connectivity index (χ2n) is 6.22. The first kappa shape index (κ1) is 18.9. The second-order valence-corrected chi connectivity index (χ2v) is 8.07. The van der Waals surface area contributed by atoms with Crippen LogP contribution in [0.15, 0.2) is 72.9 Å². The standard InChI is InChI=1S/C21H23N3O2S/c1-2-18-10-6-7-11-20(18)23-19-12-13-21(22-16-19)24-27(25,26)15-14-17-8-4-3-5-9-17/h3-13,16,23H,2,14-15H2,1H3,(H,22,24). The van der Waals surface area contributed by atoms with E-state index in [1.807, 2.05) is 54.6 Å². The smallest absolute Gasteiger partial charge is 0.234 e.